The first-order chi connectivity index (χ1) is 5.93. The van der Waals surface area contributed by atoms with Crippen molar-refractivity contribution in [2.45, 2.75) is 26.7 Å². The van der Waals surface area contributed by atoms with Gasteiger partial charge in [0.25, 0.3) is 5.16 Å². The highest BCUT2D eigenvalue weighted by Gasteiger charge is 2.22. The SMILES string of the molecule is CCCC(OCC)=C(F)S(=O)(=O)F. The molecular formula is C7H12F2O3S. The van der Waals surface area contributed by atoms with Gasteiger partial charge in [-0.1, -0.05) is 10.8 Å². The van der Waals surface area contributed by atoms with Crippen molar-refractivity contribution >= 4 is 10.2 Å². The van der Waals surface area contributed by atoms with E-state index in [2.05, 4.69) is 4.74 Å². The molecule has 0 aliphatic carbocycles. The number of halogens is 2. The zero-order valence-electron chi connectivity index (χ0n) is 7.51. The molecule has 0 amide bonds. The summed E-state index contributed by atoms with van der Waals surface area (Å²) in [5, 5.41) is -1.81. The van der Waals surface area contributed by atoms with Crippen molar-refractivity contribution in [1.29, 1.82) is 0 Å². The maximum absolute atomic E-state index is 12.7. The fourth-order valence-electron chi connectivity index (χ4n) is 0.764. The second kappa shape index (κ2) is 5.16. The Morgan fingerprint density at radius 3 is 2.23 bits per heavy atom. The van der Waals surface area contributed by atoms with Crippen LogP contribution in [0.15, 0.2) is 10.9 Å². The van der Waals surface area contributed by atoms with Gasteiger partial charge in [-0.3, -0.25) is 0 Å². The molecule has 0 radical (unpaired) electrons. The molecule has 0 aliphatic rings. The Labute approximate surface area is 76.6 Å². The Morgan fingerprint density at radius 1 is 1.38 bits per heavy atom. The molecule has 0 unspecified atom stereocenters. The second-order valence-corrected chi connectivity index (χ2v) is 3.55. The highest BCUT2D eigenvalue weighted by atomic mass is 32.3. The monoisotopic (exact) mass is 214 g/mol. The Kier molecular flexibility index (Phi) is 4.90. The molecule has 0 aromatic rings. The minimum Gasteiger partial charge on any atom is -0.494 e. The van der Waals surface area contributed by atoms with E-state index in [1.807, 2.05) is 0 Å². The van der Waals surface area contributed by atoms with Crippen LogP contribution in [0.4, 0.5) is 8.28 Å². The van der Waals surface area contributed by atoms with Crippen LogP contribution in [0.1, 0.15) is 26.7 Å². The van der Waals surface area contributed by atoms with Gasteiger partial charge in [-0.15, -0.1) is 0 Å². The molecule has 3 nitrogen and oxygen atoms in total. The van der Waals surface area contributed by atoms with Gasteiger partial charge in [-0.2, -0.15) is 12.8 Å². The minimum atomic E-state index is -5.26. The highest BCUT2D eigenvalue weighted by molar-refractivity contribution is 7.90. The van der Waals surface area contributed by atoms with Crippen molar-refractivity contribution in [3.05, 3.63) is 10.9 Å². The normalized spacial score (nSPS) is 13.8. The lowest BCUT2D eigenvalue weighted by Gasteiger charge is -2.06. The van der Waals surface area contributed by atoms with Gasteiger partial charge in [-0.05, 0) is 13.3 Å². The molecule has 0 spiro atoms. The van der Waals surface area contributed by atoms with E-state index in [4.69, 9.17) is 0 Å². The van der Waals surface area contributed by atoms with Crippen LogP contribution in [-0.2, 0) is 15.0 Å². The third kappa shape index (κ3) is 4.21. The summed E-state index contributed by atoms with van der Waals surface area (Å²) in [4.78, 5) is 0. The average molecular weight is 214 g/mol. The van der Waals surface area contributed by atoms with Crippen LogP contribution >= 0.6 is 0 Å². The molecule has 0 atom stereocenters. The molecule has 0 aromatic carbocycles. The fraction of sp³-hybridized carbons (Fsp3) is 0.714. The lowest BCUT2D eigenvalue weighted by atomic mass is 10.3. The summed E-state index contributed by atoms with van der Waals surface area (Å²) in [5.41, 5.74) is 0. The van der Waals surface area contributed by atoms with Crippen LogP contribution in [0.3, 0.4) is 0 Å². The molecule has 6 heteroatoms. The highest BCUT2D eigenvalue weighted by Crippen LogP contribution is 2.20. The van der Waals surface area contributed by atoms with Crippen LogP contribution < -0.4 is 0 Å². The topological polar surface area (TPSA) is 43.4 Å². The first kappa shape index (κ1) is 12.3. The molecule has 0 aromatic heterocycles. The first-order valence-corrected chi connectivity index (χ1v) is 5.27. The molecule has 0 saturated heterocycles. The summed E-state index contributed by atoms with van der Waals surface area (Å²) in [6, 6.07) is 0. The molecule has 78 valence electrons. The van der Waals surface area contributed by atoms with Gasteiger partial charge in [0.15, 0.2) is 0 Å². The summed E-state index contributed by atoms with van der Waals surface area (Å²) in [5.74, 6) is -0.437. The van der Waals surface area contributed by atoms with E-state index in [1.165, 1.54) is 0 Å². The third-order valence-corrected chi connectivity index (χ3v) is 1.88. The smallest absolute Gasteiger partial charge is 0.362 e. The number of hydrogen-bond donors (Lipinski definition) is 0. The van der Waals surface area contributed by atoms with E-state index in [-0.39, 0.29) is 13.0 Å². The third-order valence-electron chi connectivity index (χ3n) is 1.23. The van der Waals surface area contributed by atoms with Gasteiger partial charge in [-0.25, -0.2) is 0 Å². The Balaban J connectivity index is 4.85. The summed E-state index contributed by atoms with van der Waals surface area (Å²) in [6.07, 6.45) is 0.557. The van der Waals surface area contributed by atoms with E-state index >= 15 is 0 Å². The summed E-state index contributed by atoms with van der Waals surface area (Å²) >= 11 is 0. The lowest BCUT2D eigenvalue weighted by Crippen LogP contribution is -2.00. The van der Waals surface area contributed by atoms with Crippen molar-refractivity contribution in [1.82, 2.24) is 0 Å². The van der Waals surface area contributed by atoms with Crippen molar-refractivity contribution in [2.24, 2.45) is 0 Å². The maximum Gasteiger partial charge on any atom is 0.362 e. The number of rotatable bonds is 5. The van der Waals surface area contributed by atoms with Crippen molar-refractivity contribution < 1.29 is 21.4 Å². The van der Waals surface area contributed by atoms with Crippen molar-refractivity contribution in [3.8, 4) is 0 Å². The van der Waals surface area contributed by atoms with Crippen LogP contribution in [0, 0.1) is 0 Å². The van der Waals surface area contributed by atoms with Crippen molar-refractivity contribution in [2.75, 3.05) is 6.61 Å². The van der Waals surface area contributed by atoms with E-state index in [0.717, 1.165) is 0 Å². The number of allylic oxidation sites excluding steroid dienone is 1. The largest absolute Gasteiger partial charge is 0.494 e. The molecule has 0 saturated carbocycles. The molecule has 0 fully saturated rings. The summed E-state index contributed by atoms with van der Waals surface area (Å²) in [6.45, 7) is 3.38. The predicted molar refractivity (Wildman–Crippen MR) is 44.7 cm³/mol. The first-order valence-electron chi connectivity index (χ1n) is 3.89. The number of hydrogen-bond acceptors (Lipinski definition) is 3. The van der Waals surface area contributed by atoms with Crippen LogP contribution in [-0.4, -0.2) is 15.0 Å². The van der Waals surface area contributed by atoms with Crippen LogP contribution in [0.25, 0.3) is 0 Å². The van der Waals surface area contributed by atoms with E-state index < -0.39 is 21.1 Å². The zero-order chi connectivity index (χ0) is 10.5. The standard InChI is InChI=1S/C7H12F2O3S/c1-3-5-6(12-4-2)7(8)13(9,10)11/h3-5H2,1-2H3. The predicted octanol–water partition coefficient (Wildman–Crippen LogP) is 2.26. The van der Waals surface area contributed by atoms with E-state index in [0.29, 0.717) is 6.42 Å². The molecule has 0 bridgehead atoms. The maximum atomic E-state index is 12.7. The van der Waals surface area contributed by atoms with Gasteiger partial charge in [0.1, 0.15) is 5.76 Å². The Bertz CT molecular complexity index is 274. The van der Waals surface area contributed by atoms with Gasteiger partial charge < -0.3 is 4.74 Å². The van der Waals surface area contributed by atoms with E-state index in [9.17, 15) is 16.7 Å². The van der Waals surface area contributed by atoms with Gasteiger partial charge in [0, 0.05) is 6.42 Å². The van der Waals surface area contributed by atoms with Gasteiger partial charge >= 0.3 is 10.2 Å². The van der Waals surface area contributed by atoms with Crippen LogP contribution in [0.5, 0.6) is 0 Å². The summed E-state index contributed by atoms with van der Waals surface area (Å²) in [7, 11) is -5.26. The molecule has 13 heavy (non-hydrogen) atoms. The molecular weight excluding hydrogens is 202 g/mol. The van der Waals surface area contributed by atoms with Crippen LogP contribution in [0.2, 0.25) is 0 Å². The van der Waals surface area contributed by atoms with E-state index in [1.54, 1.807) is 13.8 Å². The number of ether oxygens (including phenoxy) is 1. The Hall–Kier alpha value is -0.650. The average Bonchev–Trinajstić information content (AvgIpc) is 2.01. The summed E-state index contributed by atoms with van der Waals surface area (Å²) < 4.78 is 49.8. The zero-order valence-corrected chi connectivity index (χ0v) is 8.33. The second-order valence-electron chi connectivity index (χ2n) is 2.32. The lowest BCUT2D eigenvalue weighted by molar-refractivity contribution is 0.209. The fourth-order valence-corrected chi connectivity index (χ4v) is 1.20. The van der Waals surface area contributed by atoms with Gasteiger partial charge in [0.05, 0.1) is 6.61 Å². The molecule has 0 rings (SSSR count). The Morgan fingerprint density at radius 2 is 1.92 bits per heavy atom. The molecule has 0 heterocycles. The minimum absolute atomic E-state index is 0.0722. The van der Waals surface area contributed by atoms with Crippen molar-refractivity contribution in [3.63, 3.8) is 0 Å². The molecule has 0 aliphatic heterocycles. The van der Waals surface area contributed by atoms with Gasteiger partial charge in [0.2, 0.25) is 0 Å². The quantitative estimate of drug-likeness (QED) is 0.520. The molecule has 0 N–H and O–H groups in total.